The molecule has 2 aromatic rings. The van der Waals surface area contributed by atoms with E-state index in [0.29, 0.717) is 28.8 Å². The average molecular weight is 538 g/mol. The number of hydrogen-bond donors (Lipinski definition) is 1. The van der Waals surface area contributed by atoms with Crippen LogP contribution < -0.4 is 14.8 Å². The number of likely N-dealkylation sites (tertiary alicyclic amines) is 1. The molecule has 4 atom stereocenters. The van der Waals surface area contributed by atoms with Gasteiger partial charge in [0.05, 0.1) is 19.2 Å². The van der Waals surface area contributed by atoms with Gasteiger partial charge in [0.25, 0.3) is 0 Å². The summed E-state index contributed by atoms with van der Waals surface area (Å²) < 4.78 is 17.2. The van der Waals surface area contributed by atoms with Crippen molar-refractivity contribution in [1.82, 2.24) is 15.2 Å². The molecule has 2 heterocycles. The largest absolute Gasteiger partial charge is 0.497 e. The Morgan fingerprint density at radius 3 is 2.46 bits per heavy atom. The third-order valence-corrected chi connectivity index (χ3v) is 7.10. The van der Waals surface area contributed by atoms with Gasteiger partial charge in [-0.05, 0) is 46.2 Å². The molecule has 2 aliphatic rings. The van der Waals surface area contributed by atoms with Crippen molar-refractivity contribution in [1.29, 1.82) is 0 Å². The van der Waals surface area contributed by atoms with Gasteiger partial charge in [0.15, 0.2) is 11.6 Å². The SMILES string of the molecule is C=CC1C[C@]1(NC(=O)[C@@H]1C[C@@H](Oc2cc(C(C)=O)nc3cc(OC)ccc23)CN1C(=O)OC(C)(C)C)C(C)=O. The highest BCUT2D eigenvalue weighted by atomic mass is 16.6. The fraction of sp³-hybridized carbons (Fsp3) is 0.483. The van der Waals surface area contributed by atoms with Crippen LogP contribution in [0.25, 0.3) is 10.9 Å². The lowest BCUT2D eigenvalue weighted by Crippen LogP contribution is -2.53. The molecule has 1 aliphatic heterocycles. The van der Waals surface area contributed by atoms with Crippen molar-refractivity contribution in [3.8, 4) is 11.5 Å². The zero-order chi connectivity index (χ0) is 28.7. The normalized spacial score (nSPS) is 24.2. The molecular formula is C29H35N3O7. The lowest BCUT2D eigenvalue weighted by Gasteiger charge is -2.28. The third-order valence-electron chi connectivity index (χ3n) is 7.10. The minimum atomic E-state index is -1.01. The van der Waals surface area contributed by atoms with E-state index in [4.69, 9.17) is 14.2 Å². The van der Waals surface area contributed by atoms with Crippen molar-refractivity contribution in [3.63, 3.8) is 0 Å². The molecule has 10 heteroatoms. The van der Waals surface area contributed by atoms with E-state index >= 15 is 0 Å². The van der Waals surface area contributed by atoms with Gasteiger partial charge in [-0.25, -0.2) is 9.78 Å². The number of Topliss-reactive ketones (excluding diaryl/α,β-unsaturated/α-hetero) is 2. The van der Waals surface area contributed by atoms with Gasteiger partial charge in [-0.15, -0.1) is 6.58 Å². The number of carbonyl (C=O) groups is 4. The van der Waals surface area contributed by atoms with Crippen LogP contribution in [0.4, 0.5) is 4.79 Å². The molecule has 0 bridgehead atoms. The Labute approximate surface area is 227 Å². The minimum absolute atomic E-state index is 0.0698. The molecule has 1 N–H and O–H groups in total. The molecule has 0 radical (unpaired) electrons. The lowest BCUT2D eigenvalue weighted by molar-refractivity contribution is -0.130. The van der Waals surface area contributed by atoms with E-state index in [-0.39, 0.29) is 36.1 Å². The zero-order valence-corrected chi connectivity index (χ0v) is 23.2. The molecular weight excluding hydrogens is 502 g/mol. The van der Waals surface area contributed by atoms with Gasteiger partial charge in [0, 0.05) is 36.8 Å². The summed E-state index contributed by atoms with van der Waals surface area (Å²) in [7, 11) is 1.54. The summed E-state index contributed by atoms with van der Waals surface area (Å²) in [5.74, 6) is -0.0391. The third kappa shape index (κ3) is 5.74. The number of pyridine rings is 1. The highest BCUT2D eigenvalue weighted by Crippen LogP contribution is 2.45. The first-order valence-electron chi connectivity index (χ1n) is 12.9. The van der Waals surface area contributed by atoms with Crippen molar-refractivity contribution < 1.29 is 33.4 Å². The molecule has 1 aromatic heterocycles. The number of nitrogens with zero attached hydrogens (tertiary/aromatic N) is 2. The van der Waals surface area contributed by atoms with Crippen molar-refractivity contribution in [3.05, 3.63) is 42.6 Å². The number of fused-ring (bicyclic) bond motifs is 1. The van der Waals surface area contributed by atoms with Crippen molar-refractivity contribution in [2.75, 3.05) is 13.7 Å². The Bertz CT molecular complexity index is 1350. The summed E-state index contributed by atoms with van der Waals surface area (Å²) in [6, 6.07) is 5.89. The Hall–Kier alpha value is -3.95. The van der Waals surface area contributed by atoms with Crippen LogP contribution in [0.2, 0.25) is 0 Å². The van der Waals surface area contributed by atoms with Crippen LogP contribution in [0.3, 0.4) is 0 Å². The second kappa shape index (κ2) is 10.3. The summed E-state index contributed by atoms with van der Waals surface area (Å²) >= 11 is 0. The molecule has 2 amide bonds. The van der Waals surface area contributed by atoms with Crippen LogP contribution in [-0.4, -0.2) is 70.4 Å². The molecule has 208 valence electrons. The highest BCUT2D eigenvalue weighted by Gasteiger charge is 2.58. The van der Waals surface area contributed by atoms with E-state index < -0.39 is 35.3 Å². The maximum Gasteiger partial charge on any atom is 0.411 e. The molecule has 1 unspecified atom stereocenters. The second-order valence-electron chi connectivity index (χ2n) is 11.1. The quantitative estimate of drug-likeness (QED) is 0.398. The molecule has 10 nitrogen and oxygen atoms in total. The molecule has 1 aromatic carbocycles. The summed E-state index contributed by atoms with van der Waals surface area (Å²) in [5.41, 5.74) is -1.05. The predicted molar refractivity (Wildman–Crippen MR) is 144 cm³/mol. The molecule has 1 saturated carbocycles. The van der Waals surface area contributed by atoms with Crippen molar-refractivity contribution >= 4 is 34.5 Å². The van der Waals surface area contributed by atoms with Gasteiger partial charge in [-0.2, -0.15) is 0 Å². The van der Waals surface area contributed by atoms with Gasteiger partial charge in [-0.1, -0.05) is 6.08 Å². The van der Waals surface area contributed by atoms with Crippen LogP contribution in [-0.2, 0) is 14.3 Å². The summed E-state index contributed by atoms with van der Waals surface area (Å²) in [6.07, 6.45) is 1.03. The zero-order valence-electron chi connectivity index (χ0n) is 23.2. The van der Waals surface area contributed by atoms with E-state index in [1.165, 1.54) is 25.9 Å². The Morgan fingerprint density at radius 1 is 1.18 bits per heavy atom. The molecule has 1 aliphatic carbocycles. The highest BCUT2D eigenvalue weighted by molar-refractivity contribution is 5.98. The Kier molecular flexibility index (Phi) is 7.42. The van der Waals surface area contributed by atoms with E-state index in [2.05, 4.69) is 16.9 Å². The van der Waals surface area contributed by atoms with Crippen LogP contribution >= 0.6 is 0 Å². The number of nitrogens with one attached hydrogen (secondary N) is 1. The van der Waals surface area contributed by atoms with Crippen LogP contribution in [0, 0.1) is 5.92 Å². The van der Waals surface area contributed by atoms with Crippen LogP contribution in [0.1, 0.15) is 57.9 Å². The van der Waals surface area contributed by atoms with Crippen LogP contribution in [0.15, 0.2) is 36.9 Å². The number of amides is 2. The maximum atomic E-state index is 13.5. The van der Waals surface area contributed by atoms with E-state index in [9.17, 15) is 19.2 Å². The monoisotopic (exact) mass is 537 g/mol. The Balaban J connectivity index is 1.64. The molecule has 39 heavy (non-hydrogen) atoms. The number of ketones is 2. The summed E-state index contributed by atoms with van der Waals surface area (Å²) in [5, 5.41) is 3.53. The number of methoxy groups -OCH3 is 1. The van der Waals surface area contributed by atoms with E-state index in [0.717, 1.165) is 0 Å². The maximum absolute atomic E-state index is 13.5. The first kappa shape index (κ1) is 28.1. The van der Waals surface area contributed by atoms with Crippen molar-refractivity contribution in [2.45, 2.75) is 70.7 Å². The number of rotatable bonds is 8. The van der Waals surface area contributed by atoms with Gasteiger partial charge < -0.3 is 19.5 Å². The molecule has 1 saturated heterocycles. The molecule has 2 fully saturated rings. The van der Waals surface area contributed by atoms with Crippen LogP contribution in [0.5, 0.6) is 11.5 Å². The van der Waals surface area contributed by atoms with Gasteiger partial charge in [-0.3, -0.25) is 19.3 Å². The fourth-order valence-corrected chi connectivity index (χ4v) is 4.93. The number of ether oxygens (including phenoxy) is 3. The predicted octanol–water partition coefficient (Wildman–Crippen LogP) is 3.85. The number of benzene rings is 1. The average Bonchev–Trinajstić information content (AvgIpc) is 3.42. The van der Waals surface area contributed by atoms with Gasteiger partial charge in [0.2, 0.25) is 5.91 Å². The van der Waals surface area contributed by atoms with E-state index in [1.807, 2.05) is 0 Å². The molecule has 0 spiro atoms. The lowest BCUT2D eigenvalue weighted by atomic mass is 10.1. The fourth-order valence-electron chi connectivity index (χ4n) is 4.93. The summed E-state index contributed by atoms with van der Waals surface area (Å²) in [4.78, 5) is 57.0. The standard InChI is InChI=1S/C29H35N3O7/c1-8-18-14-29(18,17(3)34)31-26(35)24-12-20(15-32(24)27(36)39-28(4,5)6)38-25-13-22(16(2)33)30-23-11-19(37-7)9-10-21(23)25/h8-11,13,18,20,24H,1,12,14-15H2,2-7H3,(H,31,35)/t18?,20-,24+,29+/m1/s1. The smallest absolute Gasteiger partial charge is 0.411 e. The molecule has 4 rings (SSSR count). The minimum Gasteiger partial charge on any atom is -0.497 e. The topological polar surface area (TPSA) is 124 Å². The first-order valence-corrected chi connectivity index (χ1v) is 12.9. The number of hydrogen-bond acceptors (Lipinski definition) is 8. The van der Waals surface area contributed by atoms with Gasteiger partial charge in [0.1, 0.15) is 40.5 Å². The number of carbonyl (C=O) groups excluding carboxylic acids is 4. The van der Waals surface area contributed by atoms with Gasteiger partial charge >= 0.3 is 6.09 Å². The summed E-state index contributed by atoms with van der Waals surface area (Å²) in [6.45, 7) is 11.9. The number of aromatic nitrogens is 1. The second-order valence-corrected chi connectivity index (χ2v) is 11.1. The Morgan fingerprint density at radius 2 is 1.90 bits per heavy atom. The van der Waals surface area contributed by atoms with E-state index in [1.54, 1.807) is 51.1 Å². The van der Waals surface area contributed by atoms with Crippen molar-refractivity contribution in [2.24, 2.45) is 5.92 Å². The first-order chi connectivity index (χ1) is 18.3.